The van der Waals surface area contributed by atoms with Gasteiger partial charge < -0.3 is 5.11 Å². The topological polar surface area (TPSA) is 72.2 Å². The van der Waals surface area contributed by atoms with Crippen molar-refractivity contribution in [2.24, 2.45) is 5.92 Å². The normalized spacial score (nSPS) is 23.2. The van der Waals surface area contributed by atoms with Crippen LogP contribution in [-0.4, -0.2) is 32.9 Å². The molecule has 5 nitrogen and oxygen atoms in total. The Labute approximate surface area is 184 Å². The molecule has 7 heteroatoms. The number of rotatable bonds is 4. The first kappa shape index (κ1) is 20.4. The van der Waals surface area contributed by atoms with E-state index in [0.29, 0.717) is 60.0 Å². The summed E-state index contributed by atoms with van der Waals surface area (Å²) in [6.07, 6.45) is 5.69. The van der Waals surface area contributed by atoms with Gasteiger partial charge in [-0.3, -0.25) is 9.59 Å². The molecule has 2 unspecified atom stereocenters. The summed E-state index contributed by atoms with van der Waals surface area (Å²) in [6.45, 7) is 0. The highest BCUT2D eigenvalue weighted by Gasteiger charge is 2.35. The number of allylic oxidation sites excluding steroid dienone is 2. The van der Waals surface area contributed by atoms with Crippen LogP contribution in [0.2, 0.25) is 5.02 Å². The Bertz CT molecular complexity index is 1100. The van der Waals surface area contributed by atoms with E-state index in [1.165, 1.54) is 4.68 Å². The molecule has 1 saturated carbocycles. The number of hydrogen-bond acceptors (Lipinski definition) is 3. The molecule has 31 heavy (non-hydrogen) atoms. The molecular formula is C24H24ClFN2O3. The summed E-state index contributed by atoms with van der Waals surface area (Å²) in [4.78, 5) is 25.2. The Hall–Kier alpha value is -2.47. The number of nitrogens with zero attached hydrogens (tertiary/aromatic N) is 2. The summed E-state index contributed by atoms with van der Waals surface area (Å²) in [6, 6.07) is 5.50. The maximum absolute atomic E-state index is 14.4. The summed E-state index contributed by atoms with van der Waals surface area (Å²) in [5, 5.41) is 14.5. The van der Waals surface area contributed by atoms with Crippen LogP contribution in [-0.2, 0) is 17.6 Å². The Morgan fingerprint density at radius 2 is 1.97 bits per heavy atom. The standard InChI is InChI=1S/C24H24ClFN2O3/c25-19-6-2-5-17(13-7-8-13)21(19)23(29)28-20-12-16(26)9-10-18(20)22(27-28)14-3-1-4-15(11-14)24(30)31/h2-3,5-6,13,15-16H,1,4,7-12H2,(H,30,31). The molecule has 3 aliphatic carbocycles. The fourth-order valence-electron chi connectivity index (χ4n) is 4.92. The summed E-state index contributed by atoms with van der Waals surface area (Å²) in [5.41, 5.74) is 4.35. The third kappa shape index (κ3) is 3.71. The zero-order valence-corrected chi connectivity index (χ0v) is 17.9. The van der Waals surface area contributed by atoms with Crippen molar-refractivity contribution in [3.63, 3.8) is 0 Å². The van der Waals surface area contributed by atoms with E-state index < -0.39 is 18.1 Å². The number of aliphatic carboxylic acids is 1. The number of benzene rings is 1. The van der Waals surface area contributed by atoms with Crippen LogP contribution in [0.4, 0.5) is 4.39 Å². The van der Waals surface area contributed by atoms with Crippen molar-refractivity contribution in [2.45, 2.75) is 63.5 Å². The number of carboxylic acids is 1. The SMILES string of the molecule is O=C(O)C1CCC=C(c2nn(C(=O)c3c(Cl)cccc3C3CC3)c3c2CCC(F)C3)C1. The van der Waals surface area contributed by atoms with Gasteiger partial charge in [0.25, 0.3) is 5.91 Å². The summed E-state index contributed by atoms with van der Waals surface area (Å²) < 4.78 is 15.7. The Kier molecular flexibility index (Phi) is 5.21. The maximum atomic E-state index is 14.4. The predicted molar refractivity (Wildman–Crippen MR) is 115 cm³/mol. The van der Waals surface area contributed by atoms with Crippen LogP contribution >= 0.6 is 11.6 Å². The van der Waals surface area contributed by atoms with E-state index >= 15 is 0 Å². The second kappa shape index (κ2) is 7.90. The second-order valence-corrected chi connectivity index (χ2v) is 9.26. The molecule has 1 N–H and O–H groups in total. The van der Waals surface area contributed by atoms with Crippen molar-refractivity contribution < 1.29 is 19.1 Å². The lowest BCUT2D eigenvalue weighted by Crippen LogP contribution is -2.23. The molecule has 0 amide bonds. The maximum Gasteiger partial charge on any atom is 0.306 e. The first-order chi connectivity index (χ1) is 14.9. The predicted octanol–water partition coefficient (Wildman–Crippen LogP) is 5.20. The highest BCUT2D eigenvalue weighted by molar-refractivity contribution is 6.34. The minimum atomic E-state index is -1.02. The minimum absolute atomic E-state index is 0.132. The van der Waals surface area contributed by atoms with Crippen LogP contribution in [0.15, 0.2) is 24.3 Å². The van der Waals surface area contributed by atoms with Crippen LogP contribution in [0.5, 0.6) is 0 Å². The van der Waals surface area contributed by atoms with E-state index in [0.717, 1.165) is 29.5 Å². The van der Waals surface area contributed by atoms with Crippen molar-refractivity contribution in [3.05, 3.63) is 57.4 Å². The quantitative estimate of drug-likeness (QED) is 0.706. The number of fused-ring (bicyclic) bond motifs is 1. The molecule has 3 aliphatic rings. The smallest absolute Gasteiger partial charge is 0.306 e. The highest BCUT2D eigenvalue weighted by Crippen LogP contribution is 2.44. The van der Waals surface area contributed by atoms with Crippen molar-refractivity contribution in [1.82, 2.24) is 9.78 Å². The van der Waals surface area contributed by atoms with Crippen LogP contribution in [0, 0.1) is 5.92 Å². The first-order valence-electron chi connectivity index (χ1n) is 10.9. The van der Waals surface area contributed by atoms with E-state index in [9.17, 15) is 19.1 Å². The fourth-order valence-corrected chi connectivity index (χ4v) is 5.18. The molecule has 5 rings (SSSR count). The number of hydrogen-bond donors (Lipinski definition) is 1. The van der Waals surface area contributed by atoms with Crippen LogP contribution < -0.4 is 0 Å². The average Bonchev–Trinajstić information content (AvgIpc) is 3.54. The number of aromatic nitrogens is 2. The van der Waals surface area contributed by atoms with E-state index in [1.54, 1.807) is 6.07 Å². The highest BCUT2D eigenvalue weighted by atomic mass is 35.5. The van der Waals surface area contributed by atoms with Gasteiger partial charge in [0, 0.05) is 12.0 Å². The molecule has 2 aromatic rings. The van der Waals surface area contributed by atoms with Crippen LogP contribution in [0.25, 0.3) is 5.57 Å². The van der Waals surface area contributed by atoms with Gasteiger partial charge in [0.1, 0.15) is 6.17 Å². The van der Waals surface area contributed by atoms with Gasteiger partial charge in [-0.25, -0.2) is 4.39 Å². The molecule has 162 valence electrons. The van der Waals surface area contributed by atoms with Crippen molar-refractivity contribution in [2.75, 3.05) is 0 Å². The Morgan fingerprint density at radius 3 is 2.71 bits per heavy atom. The van der Waals surface area contributed by atoms with Gasteiger partial charge in [0.15, 0.2) is 0 Å². The second-order valence-electron chi connectivity index (χ2n) is 8.86. The molecule has 2 atom stereocenters. The van der Waals surface area contributed by atoms with Crippen molar-refractivity contribution in [3.8, 4) is 0 Å². The lowest BCUT2D eigenvalue weighted by molar-refractivity contribution is -0.141. The third-order valence-electron chi connectivity index (χ3n) is 6.71. The zero-order chi connectivity index (χ0) is 21.7. The molecule has 1 aromatic heterocycles. The van der Waals surface area contributed by atoms with Crippen LogP contribution in [0.1, 0.15) is 77.3 Å². The molecule has 1 fully saturated rings. The van der Waals surface area contributed by atoms with E-state index in [1.807, 2.05) is 18.2 Å². The monoisotopic (exact) mass is 442 g/mol. The van der Waals surface area contributed by atoms with Gasteiger partial charge in [-0.05, 0) is 68.1 Å². The van der Waals surface area contributed by atoms with Gasteiger partial charge in [0.2, 0.25) is 0 Å². The first-order valence-corrected chi connectivity index (χ1v) is 11.3. The summed E-state index contributed by atoms with van der Waals surface area (Å²) in [7, 11) is 0. The van der Waals surface area contributed by atoms with E-state index in [2.05, 4.69) is 5.10 Å². The van der Waals surface area contributed by atoms with E-state index in [4.69, 9.17) is 11.6 Å². The van der Waals surface area contributed by atoms with Crippen molar-refractivity contribution in [1.29, 1.82) is 0 Å². The summed E-state index contributed by atoms with van der Waals surface area (Å²) >= 11 is 6.45. The summed E-state index contributed by atoms with van der Waals surface area (Å²) in [5.74, 6) is -1.27. The Morgan fingerprint density at radius 1 is 1.16 bits per heavy atom. The molecule has 1 aromatic carbocycles. The minimum Gasteiger partial charge on any atom is -0.481 e. The lowest BCUT2D eigenvalue weighted by Gasteiger charge is -2.21. The van der Waals surface area contributed by atoms with Gasteiger partial charge in [-0.1, -0.05) is 29.8 Å². The lowest BCUT2D eigenvalue weighted by atomic mass is 9.84. The average molecular weight is 443 g/mol. The van der Waals surface area contributed by atoms with E-state index in [-0.39, 0.29) is 12.3 Å². The number of alkyl halides is 1. The molecular weight excluding hydrogens is 419 g/mol. The molecule has 0 radical (unpaired) electrons. The largest absolute Gasteiger partial charge is 0.481 e. The number of carbonyl (C=O) groups excluding carboxylic acids is 1. The zero-order valence-electron chi connectivity index (χ0n) is 17.1. The fraction of sp³-hybridized carbons (Fsp3) is 0.458. The molecule has 0 spiro atoms. The third-order valence-corrected chi connectivity index (χ3v) is 7.02. The van der Waals surface area contributed by atoms with Gasteiger partial charge >= 0.3 is 5.97 Å². The van der Waals surface area contributed by atoms with Gasteiger partial charge in [-0.2, -0.15) is 9.78 Å². The van der Waals surface area contributed by atoms with Gasteiger partial charge in [0.05, 0.1) is 27.9 Å². The van der Waals surface area contributed by atoms with Crippen LogP contribution in [0.3, 0.4) is 0 Å². The number of carbonyl (C=O) groups is 2. The Balaban J connectivity index is 1.60. The molecule has 1 heterocycles. The van der Waals surface area contributed by atoms with Gasteiger partial charge in [-0.15, -0.1) is 0 Å². The molecule has 0 bridgehead atoms. The number of carboxylic acid groups (broad SMARTS) is 1. The molecule has 0 aliphatic heterocycles. The van der Waals surface area contributed by atoms with Crippen molar-refractivity contribution >= 4 is 29.1 Å². The molecule has 0 saturated heterocycles. The number of halogens is 2.